The number of aryl methyl sites for hydroxylation is 2. The number of fused-ring (bicyclic) bond motifs is 5. The Kier molecular flexibility index (Phi) is 5.62. The smallest absolute Gasteiger partial charge is 0.131 e. The minimum absolute atomic E-state index is 0.604. The topological polar surface area (TPSA) is 18.5 Å². The Balaban J connectivity index is 1.60. The molecule has 0 aromatic heterocycles. The molecular formula is C28H27BrO2. The van der Waals surface area contributed by atoms with Gasteiger partial charge in [-0.25, -0.2) is 0 Å². The maximum Gasteiger partial charge on any atom is 0.131 e. The molecule has 3 heteroatoms. The molecule has 1 aliphatic carbocycles. The molecule has 4 aromatic rings. The highest BCUT2D eigenvalue weighted by Gasteiger charge is 2.23. The van der Waals surface area contributed by atoms with Crippen LogP contribution < -0.4 is 9.47 Å². The number of benzene rings is 4. The second-order valence-corrected chi connectivity index (χ2v) is 9.26. The van der Waals surface area contributed by atoms with Crippen LogP contribution in [0.2, 0.25) is 0 Å². The van der Waals surface area contributed by atoms with E-state index in [1.54, 1.807) is 14.2 Å². The maximum atomic E-state index is 5.83. The molecule has 0 saturated carbocycles. The van der Waals surface area contributed by atoms with Crippen LogP contribution >= 0.6 is 15.9 Å². The molecule has 0 saturated heterocycles. The Morgan fingerprint density at radius 2 is 1.71 bits per heavy atom. The summed E-state index contributed by atoms with van der Waals surface area (Å²) in [5.41, 5.74) is 4.43. The van der Waals surface area contributed by atoms with Crippen LogP contribution in [-0.2, 0) is 12.8 Å². The Labute approximate surface area is 192 Å². The zero-order valence-electron chi connectivity index (χ0n) is 18.1. The van der Waals surface area contributed by atoms with Gasteiger partial charge < -0.3 is 9.47 Å². The van der Waals surface area contributed by atoms with Gasteiger partial charge >= 0.3 is 0 Å². The first-order valence-corrected chi connectivity index (χ1v) is 11.8. The van der Waals surface area contributed by atoms with Gasteiger partial charge in [-0.05, 0) is 89.1 Å². The molecule has 0 unspecified atom stereocenters. The lowest BCUT2D eigenvalue weighted by Crippen LogP contribution is -2.11. The molecule has 0 aliphatic heterocycles. The van der Waals surface area contributed by atoms with Gasteiger partial charge in [0.1, 0.15) is 11.5 Å². The predicted molar refractivity (Wildman–Crippen MR) is 133 cm³/mol. The van der Waals surface area contributed by atoms with Gasteiger partial charge in [-0.15, -0.1) is 0 Å². The molecule has 0 radical (unpaired) electrons. The van der Waals surface area contributed by atoms with Crippen molar-refractivity contribution in [3.05, 3.63) is 81.8 Å². The summed E-state index contributed by atoms with van der Waals surface area (Å²) in [4.78, 5) is 0. The lowest BCUT2D eigenvalue weighted by molar-refractivity contribution is 0.405. The van der Waals surface area contributed by atoms with E-state index in [-0.39, 0.29) is 0 Å². The van der Waals surface area contributed by atoms with Gasteiger partial charge in [0, 0.05) is 4.47 Å². The van der Waals surface area contributed by atoms with Gasteiger partial charge in [0.05, 0.1) is 19.6 Å². The van der Waals surface area contributed by atoms with Gasteiger partial charge in [0.25, 0.3) is 0 Å². The Morgan fingerprint density at radius 3 is 2.52 bits per heavy atom. The number of hydrogen-bond donors (Lipinski definition) is 0. The lowest BCUT2D eigenvalue weighted by atomic mass is 9.77. The van der Waals surface area contributed by atoms with Crippen LogP contribution in [0.1, 0.15) is 41.9 Å². The van der Waals surface area contributed by atoms with Gasteiger partial charge in [-0.3, -0.25) is 0 Å². The molecule has 0 N–H and O–H groups in total. The molecular weight excluding hydrogens is 448 g/mol. The molecule has 158 valence electrons. The first kappa shape index (κ1) is 20.4. The normalized spacial score (nSPS) is 15.8. The third-order valence-electron chi connectivity index (χ3n) is 6.81. The average molecular weight is 475 g/mol. The molecule has 0 spiro atoms. The van der Waals surface area contributed by atoms with Crippen molar-refractivity contribution in [2.45, 2.75) is 38.0 Å². The number of halogens is 1. The Hall–Kier alpha value is -2.52. The fourth-order valence-corrected chi connectivity index (χ4v) is 5.78. The molecule has 5 rings (SSSR count). The minimum atomic E-state index is 0.604. The van der Waals surface area contributed by atoms with E-state index in [9.17, 15) is 0 Å². The van der Waals surface area contributed by atoms with Crippen LogP contribution in [0.25, 0.3) is 21.5 Å². The molecule has 0 fully saturated rings. The van der Waals surface area contributed by atoms with Crippen molar-refractivity contribution in [3.63, 3.8) is 0 Å². The molecule has 0 bridgehead atoms. The zero-order valence-corrected chi connectivity index (χ0v) is 19.7. The highest BCUT2D eigenvalue weighted by atomic mass is 79.9. The van der Waals surface area contributed by atoms with E-state index >= 15 is 0 Å². The van der Waals surface area contributed by atoms with Gasteiger partial charge in [-0.1, -0.05) is 58.4 Å². The van der Waals surface area contributed by atoms with E-state index in [1.807, 2.05) is 6.07 Å². The predicted octanol–water partition coefficient (Wildman–Crippen LogP) is 7.83. The molecule has 31 heavy (non-hydrogen) atoms. The fraction of sp³-hybridized carbons (Fsp3) is 0.286. The van der Waals surface area contributed by atoms with Gasteiger partial charge in [-0.2, -0.15) is 0 Å². The quantitative estimate of drug-likeness (QED) is 0.274. The van der Waals surface area contributed by atoms with Crippen molar-refractivity contribution >= 4 is 37.5 Å². The van der Waals surface area contributed by atoms with Crippen LogP contribution in [0.4, 0.5) is 0 Å². The summed E-state index contributed by atoms with van der Waals surface area (Å²) in [5.74, 6) is 2.36. The molecule has 4 aromatic carbocycles. The summed E-state index contributed by atoms with van der Waals surface area (Å²) >= 11 is 3.71. The lowest BCUT2D eigenvalue weighted by Gasteiger charge is -2.28. The average Bonchev–Trinajstić information content (AvgIpc) is 2.82. The van der Waals surface area contributed by atoms with Crippen LogP contribution in [-0.4, -0.2) is 14.2 Å². The second kappa shape index (κ2) is 8.55. The van der Waals surface area contributed by atoms with Crippen molar-refractivity contribution in [2.24, 2.45) is 0 Å². The highest BCUT2D eigenvalue weighted by Crippen LogP contribution is 2.44. The van der Waals surface area contributed by atoms with Crippen molar-refractivity contribution < 1.29 is 9.47 Å². The largest absolute Gasteiger partial charge is 0.496 e. The van der Waals surface area contributed by atoms with Crippen LogP contribution in [0, 0.1) is 0 Å². The third kappa shape index (κ3) is 3.59. The summed E-state index contributed by atoms with van der Waals surface area (Å²) in [6.45, 7) is 0. The fourth-order valence-electron chi connectivity index (χ4n) is 5.30. The Bertz CT molecular complexity index is 1260. The van der Waals surface area contributed by atoms with E-state index in [0.717, 1.165) is 29.7 Å². The Morgan fingerprint density at radius 1 is 0.871 bits per heavy atom. The first-order valence-electron chi connectivity index (χ1n) is 11.0. The summed E-state index contributed by atoms with van der Waals surface area (Å²) in [6.07, 6.45) is 5.92. The molecule has 1 aliphatic rings. The monoisotopic (exact) mass is 474 g/mol. The summed E-state index contributed by atoms with van der Waals surface area (Å²) < 4.78 is 12.7. The standard InChI is InChI=1S/C28H27BrO2/c1-30-26-12-6-10-23-22-16-15-20-18(13-14-19-7-3-4-11-25(19)29)8-5-9-21(20)24(22)17-27(31-2)28(23)26/h3-4,6-7,10-12,15-18H,5,8-9,13-14H2,1-2H3/t18-/m0/s1. The minimum Gasteiger partial charge on any atom is -0.496 e. The van der Waals surface area contributed by atoms with Crippen LogP contribution in [0.15, 0.2) is 65.1 Å². The number of ether oxygens (including phenoxy) is 2. The number of methoxy groups -OCH3 is 2. The van der Waals surface area contributed by atoms with Crippen molar-refractivity contribution in [1.82, 2.24) is 0 Å². The summed E-state index contributed by atoms with van der Waals surface area (Å²) in [7, 11) is 3.48. The molecule has 2 nitrogen and oxygen atoms in total. The second-order valence-electron chi connectivity index (χ2n) is 8.41. The summed E-state index contributed by atoms with van der Waals surface area (Å²) in [6, 6.07) is 21.8. The summed E-state index contributed by atoms with van der Waals surface area (Å²) in [5, 5.41) is 4.88. The molecule has 1 atom stereocenters. The van der Waals surface area contributed by atoms with E-state index in [4.69, 9.17) is 9.47 Å². The molecule has 0 amide bonds. The van der Waals surface area contributed by atoms with E-state index in [0.29, 0.717) is 5.92 Å². The van der Waals surface area contributed by atoms with Crippen molar-refractivity contribution in [2.75, 3.05) is 14.2 Å². The van der Waals surface area contributed by atoms with E-state index < -0.39 is 0 Å². The molecule has 0 heterocycles. The van der Waals surface area contributed by atoms with Crippen molar-refractivity contribution in [3.8, 4) is 11.5 Å². The number of hydrogen-bond acceptors (Lipinski definition) is 2. The third-order valence-corrected chi connectivity index (χ3v) is 7.58. The van der Waals surface area contributed by atoms with Crippen LogP contribution in [0.5, 0.6) is 11.5 Å². The van der Waals surface area contributed by atoms with Crippen molar-refractivity contribution in [1.29, 1.82) is 0 Å². The zero-order chi connectivity index (χ0) is 21.4. The number of rotatable bonds is 5. The first-order chi connectivity index (χ1) is 15.2. The SMILES string of the molecule is COc1cccc2c1c(OC)cc1c3c(ccc12)[C@H](CCc1ccccc1Br)CCC3. The van der Waals surface area contributed by atoms with Crippen LogP contribution in [0.3, 0.4) is 0 Å². The maximum absolute atomic E-state index is 5.83. The highest BCUT2D eigenvalue weighted by molar-refractivity contribution is 9.10. The van der Waals surface area contributed by atoms with Gasteiger partial charge in [0.15, 0.2) is 0 Å². The van der Waals surface area contributed by atoms with E-state index in [2.05, 4.69) is 70.5 Å². The van der Waals surface area contributed by atoms with E-state index in [1.165, 1.54) is 56.6 Å². The van der Waals surface area contributed by atoms with Gasteiger partial charge in [0.2, 0.25) is 0 Å².